The van der Waals surface area contributed by atoms with Crippen LogP contribution < -0.4 is 25.3 Å². The second-order valence-corrected chi connectivity index (χ2v) is 6.10. The summed E-state index contributed by atoms with van der Waals surface area (Å²) < 4.78 is 56.2. The highest BCUT2D eigenvalue weighted by atomic mass is 19.4. The van der Waals surface area contributed by atoms with Crippen LogP contribution in [-0.2, 0) is 6.18 Å². The zero-order chi connectivity index (χ0) is 22.1. The molecule has 1 aromatic carbocycles. The topological polar surface area (TPSA) is 109 Å². The summed E-state index contributed by atoms with van der Waals surface area (Å²) in [7, 11) is 4.41. The molecule has 9 nitrogen and oxygen atoms in total. The lowest BCUT2D eigenvalue weighted by molar-refractivity contribution is -0.137. The van der Waals surface area contributed by atoms with E-state index in [0.29, 0.717) is 22.9 Å². The van der Waals surface area contributed by atoms with E-state index in [0.717, 1.165) is 16.8 Å². The highest BCUT2D eigenvalue weighted by Gasteiger charge is 2.31. The van der Waals surface area contributed by atoms with Crippen LogP contribution in [0.5, 0.6) is 17.2 Å². The SMILES string of the molecule is COc1cc(Nc2nc(N)n(-c3cc(C(F)(F)F)cc(C)n3)n2)cc(OC)c1OC. The van der Waals surface area contributed by atoms with Gasteiger partial charge in [-0.25, -0.2) is 4.98 Å². The lowest BCUT2D eigenvalue weighted by Gasteiger charge is -2.14. The third kappa shape index (κ3) is 4.16. The van der Waals surface area contributed by atoms with Crippen LogP contribution in [0.25, 0.3) is 5.82 Å². The number of anilines is 3. The van der Waals surface area contributed by atoms with E-state index in [1.165, 1.54) is 28.3 Å². The number of nitrogen functional groups attached to an aromatic ring is 1. The number of aromatic nitrogens is 4. The first-order valence-corrected chi connectivity index (χ1v) is 8.52. The molecule has 0 atom stereocenters. The van der Waals surface area contributed by atoms with Crippen LogP contribution in [-0.4, -0.2) is 41.1 Å². The van der Waals surface area contributed by atoms with Crippen LogP contribution in [0.2, 0.25) is 0 Å². The number of alkyl halides is 3. The molecule has 3 aromatic rings. The van der Waals surface area contributed by atoms with Crippen molar-refractivity contribution in [2.75, 3.05) is 32.4 Å². The van der Waals surface area contributed by atoms with Crippen molar-refractivity contribution >= 4 is 17.6 Å². The second-order valence-electron chi connectivity index (χ2n) is 6.10. The maximum absolute atomic E-state index is 13.1. The number of halogens is 3. The summed E-state index contributed by atoms with van der Waals surface area (Å²) in [6.45, 7) is 1.45. The van der Waals surface area contributed by atoms with Crippen molar-refractivity contribution in [2.24, 2.45) is 0 Å². The van der Waals surface area contributed by atoms with Crippen molar-refractivity contribution in [2.45, 2.75) is 13.1 Å². The largest absolute Gasteiger partial charge is 0.493 e. The van der Waals surface area contributed by atoms with Gasteiger partial charge in [-0.2, -0.15) is 22.8 Å². The van der Waals surface area contributed by atoms with Gasteiger partial charge in [-0.05, 0) is 19.1 Å². The number of aryl methyl sites for hydroxylation is 1. The summed E-state index contributed by atoms with van der Waals surface area (Å²) in [5.74, 6) is 0.969. The van der Waals surface area contributed by atoms with Gasteiger partial charge in [0.15, 0.2) is 17.3 Å². The number of pyridine rings is 1. The molecule has 0 radical (unpaired) electrons. The molecule has 3 N–H and O–H groups in total. The number of nitrogens with two attached hydrogens (primary N) is 1. The second kappa shape index (κ2) is 7.97. The van der Waals surface area contributed by atoms with Gasteiger partial charge in [-0.1, -0.05) is 0 Å². The van der Waals surface area contributed by atoms with E-state index in [-0.39, 0.29) is 23.4 Å². The van der Waals surface area contributed by atoms with Gasteiger partial charge in [0.2, 0.25) is 17.6 Å². The minimum atomic E-state index is -4.53. The molecule has 0 amide bonds. The van der Waals surface area contributed by atoms with Gasteiger partial charge < -0.3 is 25.3 Å². The Morgan fingerprint density at radius 2 is 1.60 bits per heavy atom. The van der Waals surface area contributed by atoms with Crippen molar-refractivity contribution in [3.8, 4) is 23.1 Å². The Bertz CT molecular complexity index is 1040. The average molecular weight is 424 g/mol. The molecule has 0 saturated carbocycles. The summed E-state index contributed by atoms with van der Waals surface area (Å²) in [6, 6.07) is 5.02. The van der Waals surface area contributed by atoms with Gasteiger partial charge >= 0.3 is 6.18 Å². The quantitative estimate of drug-likeness (QED) is 0.620. The summed E-state index contributed by atoms with van der Waals surface area (Å²) in [6.07, 6.45) is -4.53. The molecule has 0 unspecified atom stereocenters. The van der Waals surface area contributed by atoms with Crippen LogP contribution >= 0.6 is 0 Å². The molecule has 2 aromatic heterocycles. The first-order valence-electron chi connectivity index (χ1n) is 8.52. The monoisotopic (exact) mass is 424 g/mol. The normalized spacial score (nSPS) is 11.3. The highest BCUT2D eigenvalue weighted by Crippen LogP contribution is 2.40. The van der Waals surface area contributed by atoms with E-state index < -0.39 is 11.7 Å². The molecule has 3 rings (SSSR count). The predicted octanol–water partition coefficient (Wildman–Crippen LogP) is 3.34. The molecule has 0 aliphatic heterocycles. The van der Waals surface area contributed by atoms with E-state index in [1.54, 1.807) is 12.1 Å². The van der Waals surface area contributed by atoms with Crippen molar-refractivity contribution in [3.63, 3.8) is 0 Å². The number of hydrogen-bond acceptors (Lipinski definition) is 8. The predicted molar refractivity (Wildman–Crippen MR) is 103 cm³/mol. The van der Waals surface area contributed by atoms with Gasteiger partial charge in [0.25, 0.3) is 0 Å². The van der Waals surface area contributed by atoms with Crippen molar-refractivity contribution < 1.29 is 27.4 Å². The number of rotatable bonds is 6. The van der Waals surface area contributed by atoms with Gasteiger partial charge in [0.05, 0.1) is 26.9 Å². The molecule has 0 fully saturated rings. The Morgan fingerprint density at radius 3 is 2.13 bits per heavy atom. The fourth-order valence-electron chi connectivity index (χ4n) is 2.75. The first-order chi connectivity index (χ1) is 14.2. The Labute approximate surface area is 169 Å². The van der Waals surface area contributed by atoms with Crippen LogP contribution in [0.15, 0.2) is 24.3 Å². The van der Waals surface area contributed by atoms with Gasteiger partial charge in [-0.15, -0.1) is 5.10 Å². The molecule has 0 aliphatic carbocycles. The fraction of sp³-hybridized carbons (Fsp3) is 0.278. The molecule has 0 saturated heterocycles. The number of nitrogens with one attached hydrogen (secondary N) is 1. The minimum absolute atomic E-state index is 0.0404. The van der Waals surface area contributed by atoms with E-state index in [4.69, 9.17) is 19.9 Å². The molecule has 160 valence electrons. The maximum atomic E-state index is 13.1. The molecule has 0 spiro atoms. The third-order valence-corrected chi connectivity index (χ3v) is 4.04. The Hall–Kier alpha value is -3.70. The number of methoxy groups -OCH3 is 3. The number of ether oxygens (including phenoxy) is 3. The maximum Gasteiger partial charge on any atom is 0.416 e. The third-order valence-electron chi connectivity index (χ3n) is 4.04. The van der Waals surface area contributed by atoms with Crippen molar-refractivity contribution in [3.05, 3.63) is 35.5 Å². The fourth-order valence-corrected chi connectivity index (χ4v) is 2.75. The average Bonchev–Trinajstić information content (AvgIpc) is 3.05. The smallest absolute Gasteiger partial charge is 0.416 e. The summed E-state index contributed by atoms with van der Waals surface area (Å²) in [4.78, 5) is 8.11. The van der Waals surface area contributed by atoms with E-state index >= 15 is 0 Å². The molecule has 30 heavy (non-hydrogen) atoms. The highest BCUT2D eigenvalue weighted by molar-refractivity contribution is 5.66. The van der Waals surface area contributed by atoms with Gasteiger partial charge in [0.1, 0.15) is 0 Å². The summed E-state index contributed by atoms with van der Waals surface area (Å²) in [5, 5.41) is 7.03. The summed E-state index contributed by atoms with van der Waals surface area (Å²) in [5.41, 5.74) is 5.63. The molecule has 2 heterocycles. The van der Waals surface area contributed by atoms with Crippen molar-refractivity contribution in [1.82, 2.24) is 19.7 Å². The molecule has 12 heteroatoms. The zero-order valence-electron chi connectivity index (χ0n) is 16.5. The van der Waals surface area contributed by atoms with Crippen LogP contribution in [0.3, 0.4) is 0 Å². The van der Waals surface area contributed by atoms with E-state index in [1.807, 2.05) is 0 Å². The standard InChI is InChI=1S/C18H19F3N6O3/c1-9-5-10(18(19,20)21)6-14(23-9)27-16(22)25-17(26-27)24-11-7-12(28-2)15(30-4)13(8-11)29-3/h5-8H,1-4H3,(H3,22,24,25,26). The lowest BCUT2D eigenvalue weighted by Crippen LogP contribution is -2.11. The van der Waals surface area contributed by atoms with Crippen LogP contribution in [0.1, 0.15) is 11.3 Å². The van der Waals surface area contributed by atoms with Gasteiger partial charge in [-0.3, -0.25) is 0 Å². The van der Waals surface area contributed by atoms with Gasteiger partial charge in [0, 0.05) is 23.5 Å². The minimum Gasteiger partial charge on any atom is -0.493 e. The number of nitrogens with zero attached hydrogens (tertiary/aromatic N) is 4. The lowest BCUT2D eigenvalue weighted by atomic mass is 10.2. The first kappa shape index (κ1) is 21.0. The number of benzene rings is 1. The summed E-state index contributed by atoms with van der Waals surface area (Å²) >= 11 is 0. The number of hydrogen-bond donors (Lipinski definition) is 2. The Morgan fingerprint density at radius 1 is 0.967 bits per heavy atom. The Kier molecular flexibility index (Phi) is 5.58. The van der Waals surface area contributed by atoms with Crippen molar-refractivity contribution in [1.29, 1.82) is 0 Å². The van der Waals surface area contributed by atoms with Crippen LogP contribution in [0.4, 0.5) is 30.8 Å². The van der Waals surface area contributed by atoms with Crippen LogP contribution in [0, 0.1) is 6.92 Å². The molecule has 0 aliphatic rings. The molecular formula is C18H19F3N6O3. The molecule has 0 bridgehead atoms. The molecular weight excluding hydrogens is 405 g/mol. The van der Waals surface area contributed by atoms with E-state index in [9.17, 15) is 13.2 Å². The Balaban J connectivity index is 1.98. The van der Waals surface area contributed by atoms with E-state index in [2.05, 4.69) is 20.4 Å². The zero-order valence-corrected chi connectivity index (χ0v) is 16.5.